The fourth-order valence-corrected chi connectivity index (χ4v) is 11.4. The number of unbranched alkanes of at least 4 members (excludes halogenated alkanes) is 1. The Morgan fingerprint density at radius 2 is 1.00 bits per heavy atom. The number of aromatic nitrogens is 1. The number of benzene rings is 3. The molecule has 504 valence electrons. The first kappa shape index (κ1) is 72.7. The molecule has 0 radical (unpaired) electrons. The number of aromatic hydroxyl groups is 1. The third-order valence-corrected chi connectivity index (χ3v) is 16.3. The van der Waals surface area contributed by atoms with Crippen LogP contribution < -0.4 is 65.1 Å². The van der Waals surface area contributed by atoms with E-state index in [4.69, 9.17) is 17.2 Å². The van der Waals surface area contributed by atoms with Crippen molar-refractivity contribution in [1.29, 1.82) is 0 Å². The molecule has 27 nitrogen and oxygen atoms in total. The molecule has 4 aromatic rings. The van der Waals surface area contributed by atoms with Gasteiger partial charge < -0.3 is 80.0 Å². The van der Waals surface area contributed by atoms with E-state index in [2.05, 4.69) is 52.8 Å². The van der Waals surface area contributed by atoms with Crippen molar-refractivity contribution >= 4 is 81.8 Å². The van der Waals surface area contributed by atoms with Crippen LogP contribution in [0.1, 0.15) is 122 Å². The minimum absolute atomic E-state index is 0.0318. The van der Waals surface area contributed by atoms with Gasteiger partial charge in [-0.05, 0) is 111 Å². The van der Waals surface area contributed by atoms with Gasteiger partial charge in [-0.2, -0.15) is 0 Å². The molecular formula is C66H92N14O13. The van der Waals surface area contributed by atoms with Crippen molar-refractivity contribution < 1.29 is 62.6 Å². The number of amides is 12. The topological polar surface area (TPSA) is 430 Å². The van der Waals surface area contributed by atoms with Gasteiger partial charge in [0, 0.05) is 49.3 Å². The summed E-state index contributed by atoms with van der Waals surface area (Å²) in [7, 11) is 0. The Bertz CT molecular complexity index is 3280. The second-order valence-electron chi connectivity index (χ2n) is 25.3. The van der Waals surface area contributed by atoms with Gasteiger partial charge in [0.25, 0.3) is 0 Å². The molecule has 10 atom stereocenters. The Hall–Kier alpha value is -9.40. The molecule has 93 heavy (non-hydrogen) atoms. The van der Waals surface area contributed by atoms with E-state index in [0.717, 1.165) is 0 Å². The number of para-hydroxylation sites is 1. The largest absolute Gasteiger partial charge is 0.508 e. The Balaban J connectivity index is 1.47. The first-order valence-electron chi connectivity index (χ1n) is 31.9. The number of nitrogens with one attached hydrogen (secondary N) is 10. The molecule has 0 aliphatic carbocycles. The number of carbonyl (C=O) groups excluding carboxylic acids is 12. The van der Waals surface area contributed by atoms with Gasteiger partial charge >= 0.3 is 0 Å². The smallest absolute Gasteiger partial charge is 0.246 e. The van der Waals surface area contributed by atoms with Crippen molar-refractivity contribution in [2.45, 2.75) is 185 Å². The molecule has 17 N–H and O–H groups in total. The Morgan fingerprint density at radius 3 is 1.60 bits per heavy atom. The van der Waals surface area contributed by atoms with Gasteiger partial charge in [-0.1, -0.05) is 102 Å². The standard InChI is InChI=1S/C66H92N14O13/c1-36(2)29-47-60(87)78-52(32-39-15-8-7-9-16-39)66(93)80-28-14-20-53(80)64(91)77-48(30-37(3)4)59(86)75-50(33-41-35-70-44-18-11-10-17-43(41)44)61(88)76-51(34-55(69)83)62(89)71-46(25-26-54(68)82)58(85)74-49(31-40-21-23-42(81)24-22-40)63(90)79-56(38(5)6)65(92)72-45(57(84)73-47)19-12-13-27-67/h7-11,15-18,21-24,35-38,45-53,56,70,81H,12-14,19-20,25-34,67H2,1-6H3,(H2,68,82)(H2,69,83)(H,71,89)(H,72,92)(H,73,84)(H,74,85)(H,75,86)(H,76,88)(H,77,91)(H,78,87)(H,79,90)/t45-,46-,47-,48+,49-,50-,51-,52-,53+,56-/m0/s1. The summed E-state index contributed by atoms with van der Waals surface area (Å²) < 4.78 is 0. The van der Waals surface area contributed by atoms with Crippen molar-refractivity contribution in [1.82, 2.24) is 57.7 Å². The highest BCUT2D eigenvalue weighted by Gasteiger charge is 2.42. The number of carbonyl (C=O) groups is 12. The zero-order valence-electron chi connectivity index (χ0n) is 53.7. The summed E-state index contributed by atoms with van der Waals surface area (Å²) in [5.74, 6) is -11.9. The van der Waals surface area contributed by atoms with Crippen LogP contribution in [0, 0.1) is 17.8 Å². The molecule has 2 aliphatic rings. The molecule has 12 amide bonds. The van der Waals surface area contributed by atoms with E-state index in [1.54, 1.807) is 74.6 Å². The number of H-pyrrole nitrogens is 1. The lowest BCUT2D eigenvalue weighted by Gasteiger charge is -2.32. The van der Waals surface area contributed by atoms with Crippen LogP contribution in [-0.2, 0) is 76.8 Å². The lowest BCUT2D eigenvalue weighted by atomic mass is 9.98. The number of rotatable bonds is 20. The van der Waals surface area contributed by atoms with Crippen LogP contribution in [0.25, 0.3) is 10.9 Å². The number of phenolic OH excluding ortho intramolecular Hbond substituents is 1. The maximum absolute atomic E-state index is 15.1. The van der Waals surface area contributed by atoms with Gasteiger partial charge in [0.1, 0.15) is 66.2 Å². The first-order valence-corrected chi connectivity index (χ1v) is 31.9. The molecule has 0 spiro atoms. The molecule has 6 rings (SSSR count). The van der Waals surface area contributed by atoms with E-state index in [1.165, 1.54) is 29.2 Å². The zero-order valence-corrected chi connectivity index (χ0v) is 53.7. The number of phenols is 1. The van der Waals surface area contributed by atoms with E-state index < -0.39 is 156 Å². The highest BCUT2D eigenvalue weighted by Crippen LogP contribution is 2.24. The lowest BCUT2D eigenvalue weighted by molar-refractivity contribution is -0.142. The molecule has 2 fully saturated rings. The zero-order chi connectivity index (χ0) is 68.1. The van der Waals surface area contributed by atoms with Crippen LogP contribution in [0.5, 0.6) is 5.75 Å². The number of aromatic amines is 1. The lowest BCUT2D eigenvalue weighted by Crippen LogP contribution is -2.62. The molecule has 2 aliphatic heterocycles. The number of nitrogens with two attached hydrogens (primary N) is 3. The van der Waals surface area contributed by atoms with Gasteiger partial charge in [0.05, 0.1) is 6.42 Å². The van der Waals surface area contributed by atoms with Crippen molar-refractivity contribution in [3.8, 4) is 5.75 Å². The maximum atomic E-state index is 15.1. The van der Waals surface area contributed by atoms with Crippen LogP contribution in [0.2, 0.25) is 0 Å². The van der Waals surface area contributed by atoms with E-state index >= 15 is 4.79 Å². The summed E-state index contributed by atoms with van der Waals surface area (Å²) in [6.07, 6.45) is 0.703. The predicted octanol–water partition coefficient (Wildman–Crippen LogP) is 0.287. The molecule has 0 unspecified atom stereocenters. The number of nitrogens with zero attached hydrogens (tertiary/aromatic N) is 1. The highest BCUT2D eigenvalue weighted by molar-refractivity contribution is 6.01. The van der Waals surface area contributed by atoms with E-state index in [9.17, 15) is 57.8 Å². The fraction of sp³-hybridized carbons (Fsp3) is 0.515. The summed E-state index contributed by atoms with van der Waals surface area (Å²) in [5, 5.41) is 35.2. The fourth-order valence-electron chi connectivity index (χ4n) is 11.4. The Morgan fingerprint density at radius 1 is 0.516 bits per heavy atom. The first-order chi connectivity index (χ1) is 44.2. The summed E-state index contributed by atoms with van der Waals surface area (Å²) in [6, 6.07) is 7.19. The third kappa shape index (κ3) is 21.9. The normalized spacial score (nSPS) is 24.0. The Kier molecular flexibility index (Phi) is 27.2. The molecule has 3 heterocycles. The van der Waals surface area contributed by atoms with E-state index in [-0.39, 0.29) is 75.6 Å². The van der Waals surface area contributed by atoms with Gasteiger partial charge in [-0.3, -0.25) is 57.5 Å². The summed E-state index contributed by atoms with van der Waals surface area (Å²) in [4.78, 5) is 177. The predicted molar refractivity (Wildman–Crippen MR) is 345 cm³/mol. The van der Waals surface area contributed by atoms with Gasteiger partial charge in [-0.25, -0.2) is 0 Å². The number of fused-ring (bicyclic) bond motifs is 2. The molecule has 1 aromatic heterocycles. The van der Waals surface area contributed by atoms with Crippen LogP contribution in [0.3, 0.4) is 0 Å². The monoisotopic (exact) mass is 1290 g/mol. The van der Waals surface area contributed by atoms with Crippen LogP contribution >= 0.6 is 0 Å². The van der Waals surface area contributed by atoms with Crippen molar-refractivity contribution in [3.05, 3.63) is 102 Å². The van der Waals surface area contributed by atoms with Crippen LogP contribution in [0.15, 0.2) is 85.1 Å². The highest BCUT2D eigenvalue weighted by atomic mass is 16.3. The quantitative estimate of drug-likeness (QED) is 0.0529. The van der Waals surface area contributed by atoms with Gasteiger partial charge in [-0.15, -0.1) is 0 Å². The SMILES string of the molecule is CC(C)C[C@@H]1NC(=O)[C@H](CCCCN)NC(=O)[C@H](C(C)C)NC(=O)[C@H](Cc2ccc(O)cc2)NC(=O)[C@H](CCC(N)=O)NC(=O)[C@H](CC(N)=O)NC(=O)[C@H](Cc2c[nH]c3ccccc23)NC(=O)[C@@H](CC(C)C)NC(=O)[C@H]2CCCN2C(=O)[C@H](Cc2ccccc2)NC1=O. The summed E-state index contributed by atoms with van der Waals surface area (Å²) in [6.45, 7) is 10.9. The second kappa shape index (κ2) is 34.9. The van der Waals surface area contributed by atoms with E-state index in [1.807, 2.05) is 27.7 Å². The van der Waals surface area contributed by atoms with Crippen molar-refractivity contribution in [3.63, 3.8) is 0 Å². The maximum Gasteiger partial charge on any atom is 0.246 e. The number of hydrogen-bond acceptors (Lipinski definition) is 14. The minimum atomic E-state index is -1.85. The molecule has 0 bridgehead atoms. The van der Waals surface area contributed by atoms with Gasteiger partial charge in [0.2, 0.25) is 70.9 Å². The van der Waals surface area contributed by atoms with Crippen LogP contribution in [-0.4, -0.2) is 159 Å². The van der Waals surface area contributed by atoms with Gasteiger partial charge in [0.15, 0.2) is 0 Å². The molecular weight excluding hydrogens is 1200 g/mol. The second-order valence-corrected chi connectivity index (χ2v) is 25.3. The van der Waals surface area contributed by atoms with E-state index in [0.29, 0.717) is 46.9 Å². The van der Waals surface area contributed by atoms with Crippen molar-refractivity contribution in [2.24, 2.45) is 35.0 Å². The summed E-state index contributed by atoms with van der Waals surface area (Å²) >= 11 is 0. The Labute approximate surface area is 541 Å². The average Bonchev–Trinajstić information content (AvgIpc) is 1.78. The average molecular weight is 1290 g/mol. The molecule has 3 aromatic carbocycles. The summed E-state index contributed by atoms with van der Waals surface area (Å²) in [5.41, 5.74) is 19.4. The number of hydrogen-bond donors (Lipinski definition) is 14. The van der Waals surface area contributed by atoms with Crippen molar-refractivity contribution in [2.75, 3.05) is 13.1 Å². The molecule has 27 heteroatoms. The number of primary amides is 2. The molecule has 0 saturated carbocycles. The minimum Gasteiger partial charge on any atom is -0.508 e. The van der Waals surface area contributed by atoms with Crippen LogP contribution in [0.4, 0.5) is 0 Å². The third-order valence-electron chi connectivity index (χ3n) is 16.3. The molecule has 2 saturated heterocycles.